The first kappa shape index (κ1) is 14.1. The molecule has 0 bridgehead atoms. The van der Waals surface area contributed by atoms with Crippen molar-refractivity contribution in [2.24, 2.45) is 4.99 Å². The van der Waals surface area contributed by atoms with Crippen LogP contribution in [0.3, 0.4) is 0 Å². The highest BCUT2D eigenvalue weighted by atomic mass is 15.1. The molecule has 0 fully saturated rings. The number of aromatic nitrogens is 2. The summed E-state index contributed by atoms with van der Waals surface area (Å²) in [6.45, 7) is 0. The highest BCUT2D eigenvalue weighted by Gasteiger charge is 2.02. The van der Waals surface area contributed by atoms with Gasteiger partial charge in [-0.1, -0.05) is 0 Å². The summed E-state index contributed by atoms with van der Waals surface area (Å²) in [5.41, 5.74) is 4.17. The number of benzene rings is 1. The Bertz CT molecular complexity index is 755. The smallest absolute Gasteiger partial charge is 0.0813 e. The first-order chi connectivity index (χ1) is 10.7. The summed E-state index contributed by atoms with van der Waals surface area (Å²) in [5, 5.41) is 0. The average molecular weight is 290 g/mol. The van der Waals surface area contributed by atoms with Crippen molar-refractivity contribution in [1.29, 1.82) is 0 Å². The van der Waals surface area contributed by atoms with Crippen LogP contribution in [0.5, 0.6) is 0 Å². The lowest BCUT2D eigenvalue weighted by Crippen LogP contribution is -2.08. The first-order valence-corrected chi connectivity index (χ1v) is 7.13. The molecule has 3 aromatic rings. The third kappa shape index (κ3) is 3.06. The van der Waals surface area contributed by atoms with Crippen molar-refractivity contribution in [2.45, 2.75) is 0 Å². The van der Waals surface area contributed by atoms with E-state index in [2.05, 4.69) is 43.7 Å². The predicted octanol–water partition coefficient (Wildman–Crippen LogP) is 3.69. The minimum absolute atomic E-state index is 0.846. The van der Waals surface area contributed by atoms with Gasteiger partial charge in [0.25, 0.3) is 0 Å². The standard InChI is InChI=1S/C18H18N4/c1-21(2)16-7-9-17(10-8-16)22-12-4-6-18(22)14-20-15-5-3-11-19-13-15/h3-14H,1-2H3. The zero-order chi connectivity index (χ0) is 15.4. The second-order valence-corrected chi connectivity index (χ2v) is 5.18. The molecule has 22 heavy (non-hydrogen) atoms. The Labute approximate surface area is 130 Å². The molecule has 0 spiro atoms. The lowest BCUT2D eigenvalue weighted by molar-refractivity contribution is 1.06. The monoisotopic (exact) mass is 290 g/mol. The van der Waals surface area contributed by atoms with Crippen molar-refractivity contribution in [3.05, 3.63) is 72.8 Å². The minimum Gasteiger partial charge on any atom is -0.378 e. The first-order valence-electron chi connectivity index (χ1n) is 7.13. The molecule has 0 radical (unpaired) electrons. The second-order valence-electron chi connectivity index (χ2n) is 5.18. The van der Waals surface area contributed by atoms with E-state index in [0.29, 0.717) is 0 Å². The van der Waals surface area contributed by atoms with E-state index in [1.165, 1.54) is 5.69 Å². The topological polar surface area (TPSA) is 33.4 Å². The Kier molecular flexibility index (Phi) is 4.01. The largest absolute Gasteiger partial charge is 0.378 e. The van der Waals surface area contributed by atoms with Gasteiger partial charge < -0.3 is 9.47 Å². The molecule has 0 atom stereocenters. The molecule has 0 aliphatic carbocycles. The van der Waals surface area contributed by atoms with Crippen molar-refractivity contribution in [1.82, 2.24) is 9.55 Å². The Balaban J connectivity index is 1.87. The summed E-state index contributed by atoms with van der Waals surface area (Å²) < 4.78 is 2.11. The maximum absolute atomic E-state index is 4.46. The van der Waals surface area contributed by atoms with Gasteiger partial charge in [0.05, 0.1) is 23.8 Å². The fourth-order valence-electron chi connectivity index (χ4n) is 2.22. The predicted molar refractivity (Wildman–Crippen MR) is 91.6 cm³/mol. The van der Waals surface area contributed by atoms with Crippen LogP contribution in [-0.2, 0) is 0 Å². The molecular formula is C18H18N4. The van der Waals surface area contributed by atoms with E-state index >= 15 is 0 Å². The lowest BCUT2D eigenvalue weighted by Gasteiger charge is -2.13. The molecule has 0 aliphatic heterocycles. The molecule has 4 heteroatoms. The Morgan fingerprint density at radius 1 is 1.05 bits per heavy atom. The highest BCUT2D eigenvalue weighted by Crippen LogP contribution is 2.17. The average Bonchev–Trinajstić information content (AvgIpc) is 3.02. The summed E-state index contributed by atoms with van der Waals surface area (Å²) >= 11 is 0. The van der Waals surface area contributed by atoms with Crippen LogP contribution in [0.4, 0.5) is 11.4 Å². The summed E-state index contributed by atoms with van der Waals surface area (Å²) in [4.78, 5) is 10.6. The van der Waals surface area contributed by atoms with Crippen LogP contribution in [-0.4, -0.2) is 29.9 Å². The molecule has 0 saturated carbocycles. The Morgan fingerprint density at radius 2 is 1.86 bits per heavy atom. The molecule has 0 saturated heterocycles. The zero-order valence-electron chi connectivity index (χ0n) is 12.7. The molecule has 0 unspecified atom stereocenters. The molecule has 0 aliphatic rings. The molecule has 4 nitrogen and oxygen atoms in total. The quantitative estimate of drug-likeness (QED) is 0.687. The van der Waals surface area contributed by atoms with Gasteiger partial charge in [-0.05, 0) is 48.5 Å². The van der Waals surface area contributed by atoms with E-state index in [1.807, 2.05) is 50.8 Å². The number of hydrogen-bond donors (Lipinski definition) is 0. The molecule has 3 rings (SSSR count). The fourth-order valence-corrected chi connectivity index (χ4v) is 2.22. The maximum atomic E-state index is 4.46. The van der Waals surface area contributed by atoms with Crippen molar-refractivity contribution in [2.75, 3.05) is 19.0 Å². The molecule has 1 aromatic carbocycles. The number of aliphatic imine (C=N–C) groups is 1. The maximum Gasteiger partial charge on any atom is 0.0813 e. The van der Waals surface area contributed by atoms with Crippen LogP contribution in [0.1, 0.15) is 5.69 Å². The van der Waals surface area contributed by atoms with Crippen molar-refractivity contribution < 1.29 is 0 Å². The van der Waals surface area contributed by atoms with Crippen LogP contribution in [0, 0.1) is 0 Å². The summed E-state index contributed by atoms with van der Waals surface area (Å²) in [6, 6.07) is 16.3. The SMILES string of the molecule is CN(C)c1ccc(-n2cccc2C=Nc2cccnc2)cc1. The van der Waals surface area contributed by atoms with Crippen LogP contribution in [0.25, 0.3) is 5.69 Å². The molecule has 0 amide bonds. The van der Waals surface area contributed by atoms with Crippen molar-refractivity contribution in [3.8, 4) is 5.69 Å². The Morgan fingerprint density at radius 3 is 2.55 bits per heavy atom. The van der Waals surface area contributed by atoms with E-state index in [0.717, 1.165) is 17.1 Å². The van der Waals surface area contributed by atoms with Crippen LogP contribution in [0.2, 0.25) is 0 Å². The number of pyridine rings is 1. The van der Waals surface area contributed by atoms with Gasteiger partial charge in [-0.2, -0.15) is 0 Å². The van der Waals surface area contributed by atoms with E-state index in [9.17, 15) is 0 Å². The van der Waals surface area contributed by atoms with Gasteiger partial charge in [0.15, 0.2) is 0 Å². The summed E-state index contributed by atoms with van der Waals surface area (Å²) in [6.07, 6.45) is 7.38. The molecular weight excluding hydrogens is 272 g/mol. The van der Waals surface area contributed by atoms with E-state index in [-0.39, 0.29) is 0 Å². The number of nitrogens with zero attached hydrogens (tertiary/aromatic N) is 4. The van der Waals surface area contributed by atoms with Gasteiger partial charge in [-0.15, -0.1) is 0 Å². The van der Waals surface area contributed by atoms with Gasteiger partial charge in [0.1, 0.15) is 0 Å². The third-order valence-corrected chi connectivity index (χ3v) is 3.42. The number of anilines is 1. The van der Waals surface area contributed by atoms with Gasteiger partial charge in [-0.25, -0.2) is 0 Å². The number of hydrogen-bond acceptors (Lipinski definition) is 3. The van der Waals surface area contributed by atoms with Crippen LogP contribution in [0.15, 0.2) is 72.1 Å². The van der Waals surface area contributed by atoms with Crippen LogP contribution < -0.4 is 4.90 Å². The zero-order valence-corrected chi connectivity index (χ0v) is 12.7. The molecule has 0 N–H and O–H groups in total. The van der Waals surface area contributed by atoms with E-state index < -0.39 is 0 Å². The Hall–Kier alpha value is -2.88. The fraction of sp³-hybridized carbons (Fsp3) is 0.111. The van der Waals surface area contributed by atoms with E-state index in [1.54, 1.807) is 12.4 Å². The van der Waals surface area contributed by atoms with Crippen LogP contribution >= 0.6 is 0 Å². The summed E-state index contributed by atoms with van der Waals surface area (Å²) in [7, 11) is 4.08. The lowest BCUT2D eigenvalue weighted by atomic mass is 10.2. The molecule has 2 aromatic heterocycles. The number of rotatable bonds is 4. The highest BCUT2D eigenvalue weighted by molar-refractivity contribution is 5.81. The van der Waals surface area contributed by atoms with Gasteiger partial charge >= 0.3 is 0 Å². The van der Waals surface area contributed by atoms with Crippen molar-refractivity contribution >= 4 is 17.6 Å². The molecule has 110 valence electrons. The second kappa shape index (κ2) is 6.26. The van der Waals surface area contributed by atoms with E-state index in [4.69, 9.17) is 0 Å². The molecule has 2 heterocycles. The minimum atomic E-state index is 0.846. The third-order valence-electron chi connectivity index (χ3n) is 3.42. The summed E-state index contributed by atoms with van der Waals surface area (Å²) in [5.74, 6) is 0. The normalized spacial score (nSPS) is 11.0. The van der Waals surface area contributed by atoms with Crippen molar-refractivity contribution in [3.63, 3.8) is 0 Å². The van der Waals surface area contributed by atoms with Gasteiger partial charge in [0, 0.05) is 37.9 Å². The van der Waals surface area contributed by atoms with Gasteiger partial charge in [-0.3, -0.25) is 9.98 Å². The van der Waals surface area contributed by atoms with Gasteiger partial charge in [0.2, 0.25) is 0 Å².